The minimum absolute atomic E-state index is 0.189. The van der Waals surface area contributed by atoms with Crippen molar-refractivity contribution in [3.63, 3.8) is 0 Å². The number of anilines is 1. The first-order valence-electron chi connectivity index (χ1n) is 8.33. The minimum atomic E-state index is -0.307. The monoisotopic (exact) mass is 352 g/mol. The van der Waals surface area contributed by atoms with Gasteiger partial charge in [-0.05, 0) is 43.3 Å². The molecule has 0 aliphatic heterocycles. The zero-order chi connectivity index (χ0) is 18.5. The van der Waals surface area contributed by atoms with Gasteiger partial charge in [0.2, 0.25) is 0 Å². The molecule has 1 heterocycles. The molecule has 0 radical (unpaired) electrons. The number of carbonyl (C=O) groups is 1. The summed E-state index contributed by atoms with van der Waals surface area (Å²) >= 11 is 0. The number of ether oxygens (including phenoxy) is 2. The van der Waals surface area contributed by atoms with Crippen molar-refractivity contribution in [1.29, 1.82) is 0 Å². The van der Waals surface area contributed by atoms with Crippen LogP contribution in [0.15, 0.2) is 59.4 Å². The molecular formula is C20H20N2O4. The highest BCUT2D eigenvalue weighted by Gasteiger charge is 2.10. The molecular weight excluding hydrogens is 332 g/mol. The normalized spacial score (nSPS) is 10.5. The molecule has 3 rings (SSSR count). The van der Waals surface area contributed by atoms with Gasteiger partial charge in [0.15, 0.2) is 6.61 Å². The summed E-state index contributed by atoms with van der Waals surface area (Å²) in [5, 5.41) is 3.53. The van der Waals surface area contributed by atoms with E-state index >= 15 is 0 Å². The first-order chi connectivity index (χ1) is 12.6. The second-order valence-corrected chi connectivity index (χ2v) is 5.72. The number of benzene rings is 2. The summed E-state index contributed by atoms with van der Waals surface area (Å²) in [6.45, 7) is 2.31. The highest BCUT2D eigenvalue weighted by atomic mass is 16.5. The number of nitrogens with zero attached hydrogens (tertiary/aromatic N) is 1. The SMILES string of the molecule is CCOc1ccc(NC(=O)COc2cc(=O)n(C)c3ccccc23)cc1. The van der Waals surface area contributed by atoms with Crippen molar-refractivity contribution in [2.24, 2.45) is 7.05 Å². The second-order valence-electron chi connectivity index (χ2n) is 5.72. The summed E-state index contributed by atoms with van der Waals surface area (Å²) in [7, 11) is 1.70. The third-order valence-corrected chi connectivity index (χ3v) is 3.92. The van der Waals surface area contributed by atoms with Crippen molar-refractivity contribution in [3.8, 4) is 11.5 Å². The van der Waals surface area contributed by atoms with Crippen molar-refractivity contribution in [1.82, 2.24) is 4.57 Å². The van der Waals surface area contributed by atoms with Gasteiger partial charge in [0.25, 0.3) is 11.5 Å². The summed E-state index contributed by atoms with van der Waals surface area (Å²) in [5.41, 5.74) is 1.21. The van der Waals surface area contributed by atoms with E-state index in [-0.39, 0.29) is 18.1 Å². The highest BCUT2D eigenvalue weighted by molar-refractivity contribution is 5.92. The van der Waals surface area contributed by atoms with Crippen LogP contribution in [0.4, 0.5) is 5.69 Å². The number of amides is 1. The number of fused-ring (bicyclic) bond motifs is 1. The Hall–Kier alpha value is -3.28. The molecule has 6 nitrogen and oxygen atoms in total. The number of aryl methyl sites for hydroxylation is 1. The summed E-state index contributed by atoms with van der Waals surface area (Å²) in [6.07, 6.45) is 0. The van der Waals surface area contributed by atoms with Crippen LogP contribution in [-0.4, -0.2) is 23.7 Å². The first-order valence-corrected chi connectivity index (χ1v) is 8.33. The van der Waals surface area contributed by atoms with Crippen LogP contribution in [0.2, 0.25) is 0 Å². The maximum Gasteiger partial charge on any atom is 0.262 e. The molecule has 0 saturated carbocycles. The number of aromatic nitrogens is 1. The van der Waals surface area contributed by atoms with Crippen molar-refractivity contribution >= 4 is 22.5 Å². The van der Waals surface area contributed by atoms with E-state index in [2.05, 4.69) is 5.32 Å². The molecule has 2 aromatic carbocycles. The lowest BCUT2D eigenvalue weighted by Crippen LogP contribution is -2.22. The molecule has 0 bridgehead atoms. The molecule has 1 aromatic heterocycles. The maximum atomic E-state index is 12.1. The third kappa shape index (κ3) is 3.85. The maximum absolute atomic E-state index is 12.1. The molecule has 0 aliphatic carbocycles. The fraction of sp³-hybridized carbons (Fsp3) is 0.200. The quantitative estimate of drug-likeness (QED) is 0.740. The highest BCUT2D eigenvalue weighted by Crippen LogP contribution is 2.23. The van der Waals surface area contributed by atoms with Crippen molar-refractivity contribution in [2.75, 3.05) is 18.5 Å². The van der Waals surface area contributed by atoms with Crippen LogP contribution in [0.5, 0.6) is 11.5 Å². The van der Waals surface area contributed by atoms with Gasteiger partial charge in [-0.15, -0.1) is 0 Å². The van der Waals surface area contributed by atoms with Crippen LogP contribution in [-0.2, 0) is 11.8 Å². The predicted octanol–water partition coefficient (Wildman–Crippen LogP) is 2.95. The van der Waals surface area contributed by atoms with E-state index in [0.717, 1.165) is 16.7 Å². The molecule has 3 aromatic rings. The standard InChI is InChI=1S/C20H20N2O4/c1-3-25-15-10-8-14(9-11-15)21-19(23)13-26-18-12-20(24)22(2)17-7-5-4-6-16(17)18/h4-12H,3,13H2,1-2H3,(H,21,23). The first kappa shape index (κ1) is 17.5. The number of pyridine rings is 1. The molecule has 0 saturated heterocycles. The van der Waals surface area contributed by atoms with Crippen LogP contribution < -0.4 is 20.3 Å². The van der Waals surface area contributed by atoms with Gasteiger partial charge in [-0.3, -0.25) is 9.59 Å². The molecule has 0 fully saturated rings. The number of hydrogen-bond acceptors (Lipinski definition) is 4. The number of carbonyl (C=O) groups excluding carboxylic acids is 1. The van der Waals surface area contributed by atoms with E-state index in [0.29, 0.717) is 18.0 Å². The lowest BCUT2D eigenvalue weighted by molar-refractivity contribution is -0.118. The van der Waals surface area contributed by atoms with E-state index in [1.807, 2.05) is 31.2 Å². The second kappa shape index (κ2) is 7.74. The topological polar surface area (TPSA) is 69.6 Å². The third-order valence-electron chi connectivity index (χ3n) is 3.92. The van der Waals surface area contributed by atoms with Gasteiger partial charge in [-0.1, -0.05) is 12.1 Å². The smallest absolute Gasteiger partial charge is 0.262 e. The van der Waals surface area contributed by atoms with Crippen molar-refractivity contribution < 1.29 is 14.3 Å². The number of para-hydroxylation sites is 1. The Morgan fingerprint density at radius 2 is 1.81 bits per heavy atom. The van der Waals surface area contributed by atoms with Gasteiger partial charge in [0.05, 0.1) is 12.1 Å². The Kier molecular flexibility index (Phi) is 5.22. The molecule has 134 valence electrons. The van der Waals surface area contributed by atoms with E-state index in [1.54, 1.807) is 35.9 Å². The summed E-state index contributed by atoms with van der Waals surface area (Å²) < 4.78 is 12.5. The van der Waals surface area contributed by atoms with Crippen LogP contribution in [0.25, 0.3) is 10.9 Å². The average Bonchev–Trinajstić information content (AvgIpc) is 2.65. The van der Waals surface area contributed by atoms with Gasteiger partial charge in [0, 0.05) is 24.2 Å². The van der Waals surface area contributed by atoms with Gasteiger partial charge >= 0.3 is 0 Å². The summed E-state index contributed by atoms with van der Waals surface area (Å²) in [5.74, 6) is 0.831. The Bertz CT molecular complexity index is 977. The van der Waals surface area contributed by atoms with E-state index in [1.165, 1.54) is 6.07 Å². The molecule has 26 heavy (non-hydrogen) atoms. The number of rotatable bonds is 6. The van der Waals surface area contributed by atoms with Gasteiger partial charge in [-0.25, -0.2) is 0 Å². The van der Waals surface area contributed by atoms with Gasteiger partial charge < -0.3 is 19.4 Å². The Morgan fingerprint density at radius 1 is 1.08 bits per heavy atom. The Morgan fingerprint density at radius 3 is 2.54 bits per heavy atom. The fourth-order valence-electron chi connectivity index (χ4n) is 2.64. The van der Waals surface area contributed by atoms with Crippen molar-refractivity contribution in [2.45, 2.75) is 6.92 Å². The van der Waals surface area contributed by atoms with E-state index < -0.39 is 0 Å². The fourth-order valence-corrected chi connectivity index (χ4v) is 2.64. The van der Waals surface area contributed by atoms with Crippen LogP contribution in [0.1, 0.15) is 6.92 Å². The molecule has 1 N–H and O–H groups in total. The Labute approximate surface area is 151 Å². The molecule has 0 unspecified atom stereocenters. The van der Waals surface area contributed by atoms with Crippen LogP contribution in [0, 0.1) is 0 Å². The molecule has 1 amide bonds. The molecule has 0 aliphatic rings. The van der Waals surface area contributed by atoms with Crippen LogP contribution >= 0.6 is 0 Å². The summed E-state index contributed by atoms with van der Waals surface area (Å²) in [6, 6.07) is 15.9. The van der Waals surface area contributed by atoms with Crippen molar-refractivity contribution in [3.05, 3.63) is 65.0 Å². The molecule has 0 spiro atoms. The lowest BCUT2D eigenvalue weighted by Gasteiger charge is -2.12. The predicted molar refractivity (Wildman–Crippen MR) is 101 cm³/mol. The summed E-state index contributed by atoms with van der Waals surface area (Å²) in [4.78, 5) is 24.2. The van der Waals surface area contributed by atoms with Crippen LogP contribution in [0.3, 0.4) is 0 Å². The van der Waals surface area contributed by atoms with E-state index in [4.69, 9.17) is 9.47 Å². The zero-order valence-corrected chi connectivity index (χ0v) is 14.7. The number of nitrogens with one attached hydrogen (secondary N) is 1. The van der Waals surface area contributed by atoms with E-state index in [9.17, 15) is 9.59 Å². The van der Waals surface area contributed by atoms with Gasteiger partial charge in [-0.2, -0.15) is 0 Å². The van der Waals surface area contributed by atoms with Gasteiger partial charge in [0.1, 0.15) is 11.5 Å². The molecule has 6 heteroatoms. The lowest BCUT2D eigenvalue weighted by atomic mass is 10.2. The number of hydrogen-bond donors (Lipinski definition) is 1. The Balaban J connectivity index is 1.69. The minimum Gasteiger partial charge on any atom is -0.494 e. The molecule has 0 atom stereocenters. The zero-order valence-electron chi connectivity index (χ0n) is 14.7. The average molecular weight is 352 g/mol. The largest absolute Gasteiger partial charge is 0.494 e.